The molecule has 90 valence electrons. The topological polar surface area (TPSA) is 51.3 Å². The lowest BCUT2D eigenvalue weighted by molar-refractivity contribution is 1.09. The first-order chi connectivity index (χ1) is 8.69. The molecule has 1 heterocycles. The maximum absolute atomic E-state index is 5.91. The molecular weight excluding hydrogens is 241 g/mol. The summed E-state index contributed by atoms with van der Waals surface area (Å²) in [6, 6.07) is 6.27. The van der Waals surface area contributed by atoms with Crippen LogP contribution in [0.5, 0.6) is 0 Å². The fourth-order valence-electron chi connectivity index (χ4n) is 1.62. The van der Waals surface area contributed by atoms with Crippen LogP contribution < -0.4 is 11.2 Å². The van der Waals surface area contributed by atoms with Crippen molar-refractivity contribution in [2.45, 2.75) is 6.42 Å². The highest BCUT2D eigenvalue weighted by Crippen LogP contribution is 2.21. The number of nitrogens with zero attached hydrogens (tertiary/aromatic N) is 2. The Bertz CT molecular complexity index is 628. The van der Waals surface area contributed by atoms with Crippen LogP contribution in [0.2, 0.25) is 0 Å². The van der Waals surface area contributed by atoms with Gasteiger partial charge in [-0.2, -0.15) is 0 Å². The summed E-state index contributed by atoms with van der Waals surface area (Å²) in [5.41, 5.74) is 8.97. The molecule has 0 saturated carbocycles. The Morgan fingerprint density at radius 2 is 2.39 bits per heavy atom. The molecule has 0 radical (unpaired) electrons. The summed E-state index contributed by atoms with van der Waals surface area (Å²) < 4.78 is 1.21. The molecule has 0 aliphatic heterocycles. The zero-order valence-corrected chi connectivity index (χ0v) is 11.1. The van der Waals surface area contributed by atoms with E-state index < -0.39 is 0 Å². The number of allylic oxidation sites excluding steroid dienone is 3. The highest BCUT2D eigenvalue weighted by molar-refractivity contribution is 7.18. The van der Waals surface area contributed by atoms with Crippen molar-refractivity contribution in [1.29, 1.82) is 0 Å². The molecule has 2 rings (SSSR count). The molecule has 0 unspecified atom stereocenters. The molecular formula is C13H14BN3S. The number of nitrogens with two attached hydrogens (primary N) is 1. The van der Waals surface area contributed by atoms with Gasteiger partial charge in [0.1, 0.15) is 7.85 Å². The second-order valence-electron chi connectivity index (χ2n) is 4.02. The number of hydrogen-bond acceptors (Lipinski definition) is 4. The summed E-state index contributed by atoms with van der Waals surface area (Å²) >= 11 is 1.69. The van der Waals surface area contributed by atoms with Gasteiger partial charge < -0.3 is 5.73 Å². The van der Waals surface area contributed by atoms with E-state index in [0.717, 1.165) is 16.2 Å². The minimum absolute atomic E-state index is 0.667. The van der Waals surface area contributed by atoms with Crippen LogP contribution in [0, 0.1) is 0 Å². The number of thiazole rings is 1. The van der Waals surface area contributed by atoms with Gasteiger partial charge in [0.25, 0.3) is 0 Å². The van der Waals surface area contributed by atoms with Crippen molar-refractivity contribution in [3.63, 3.8) is 0 Å². The second-order valence-corrected chi connectivity index (χ2v) is 5.14. The number of rotatable bonds is 4. The molecule has 5 heteroatoms. The molecule has 0 aliphatic carbocycles. The van der Waals surface area contributed by atoms with Gasteiger partial charge in [0.05, 0.1) is 15.2 Å². The molecule has 2 aromatic rings. The van der Waals surface area contributed by atoms with Crippen LogP contribution in [0.15, 0.2) is 47.2 Å². The summed E-state index contributed by atoms with van der Waals surface area (Å²) in [5, 5.41) is 1.03. The molecule has 0 atom stereocenters. The lowest BCUT2D eigenvalue weighted by Gasteiger charge is -1.94. The van der Waals surface area contributed by atoms with Crippen LogP contribution in [0.4, 0.5) is 0 Å². The molecule has 0 fully saturated rings. The molecule has 3 nitrogen and oxygen atoms in total. The van der Waals surface area contributed by atoms with Crippen molar-refractivity contribution in [3.05, 3.63) is 47.3 Å². The van der Waals surface area contributed by atoms with Gasteiger partial charge >= 0.3 is 0 Å². The van der Waals surface area contributed by atoms with E-state index in [9.17, 15) is 0 Å². The normalized spacial score (nSPS) is 12.3. The smallest absolute Gasteiger partial charge is 0.139 e. The number of fused-ring (bicyclic) bond motifs is 1. The molecule has 1 aromatic heterocycles. The van der Waals surface area contributed by atoms with Gasteiger partial charge in [-0.05, 0) is 31.0 Å². The van der Waals surface area contributed by atoms with Gasteiger partial charge in [-0.15, -0.1) is 11.3 Å². The second kappa shape index (κ2) is 5.64. The Morgan fingerprint density at radius 3 is 3.17 bits per heavy atom. The van der Waals surface area contributed by atoms with Crippen molar-refractivity contribution in [1.82, 2.24) is 4.98 Å². The van der Waals surface area contributed by atoms with E-state index in [1.807, 2.05) is 12.1 Å². The average Bonchev–Trinajstić information content (AvgIpc) is 2.70. The van der Waals surface area contributed by atoms with Crippen molar-refractivity contribution < 1.29 is 0 Å². The monoisotopic (exact) mass is 255 g/mol. The molecule has 0 amide bonds. The van der Waals surface area contributed by atoms with Crippen molar-refractivity contribution in [2.75, 3.05) is 0 Å². The maximum atomic E-state index is 5.91. The van der Waals surface area contributed by atoms with Gasteiger partial charge in [-0.25, -0.2) is 4.98 Å². The number of hydrogen-bond donors (Lipinski definition) is 1. The first-order valence-electron chi connectivity index (χ1n) is 5.62. The maximum Gasteiger partial charge on any atom is 0.139 e. The Hall–Kier alpha value is -1.88. The van der Waals surface area contributed by atoms with Gasteiger partial charge in [-0.1, -0.05) is 11.5 Å². The van der Waals surface area contributed by atoms with Gasteiger partial charge in [0.2, 0.25) is 0 Å². The van der Waals surface area contributed by atoms with Crippen molar-refractivity contribution >= 4 is 41.6 Å². The molecule has 1 aromatic carbocycles. The van der Waals surface area contributed by atoms with Crippen LogP contribution >= 0.6 is 11.3 Å². The fourth-order valence-corrected chi connectivity index (χ4v) is 2.72. The lowest BCUT2D eigenvalue weighted by Crippen LogP contribution is -2.00. The zero-order chi connectivity index (χ0) is 13.0. The highest BCUT2D eigenvalue weighted by Gasteiger charge is 2.04. The molecule has 0 spiro atoms. The fraction of sp³-hybridized carbons (Fsp3) is 0.0769. The zero-order valence-electron chi connectivity index (χ0n) is 10.3. The molecule has 2 N–H and O–H groups in total. The largest absolute Gasteiger partial charge is 0.402 e. The lowest BCUT2D eigenvalue weighted by atomic mass is 9.97. The summed E-state index contributed by atoms with van der Waals surface area (Å²) in [5.74, 6) is 0. The molecule has 0 aliphatic rings. The van der Waals surface area contributed by atoms with Crippen LogP contribution in [-0.2, 0) is 6.42 Å². The van der Waals surface area contributed by atoms with Crippen LogP contribution in [0.25, 0.3) is 10.2 Å². The Morgan fingerprint density at radius 1 is 1.56 bits per heavy atom. The van der Waals surface area contributed by atoms with Gasteiger partial charge in [-0.3, -0.25) is 4.99 Å². The first kappa shape index (κ1) is 12.6. The minimum atomic E-state index is 0.667. The van der Waals surface area contributed by atoms with Crippen LogP contribution in [0.1, 0.15) is 5.01 Å². The number of benzene rings is 1. The van der Waals surface area contributed by atoms with E-state index in [2.05, 4.69) is 36.7 Å². The molecule has 0 saturated heterocycles. The standard InChI is InChI=1S/C13H14BN3S/c1-16-6-2-3-10(15)8-13-17-11-5-4-9(14)7-12(11)18-13/h2-7H,1,8,14-15H2/b6-2-,10-3-. The Labute approximate surface area is 111 Å². The van der Waals surface area contributed by atoms with E-state index in [4.69, 9.17) is 5.73 Å². The molecule has 0 bridgehead atoms. The predicted octanol–water partition coefficient (Wildman–Crippen LogP) is 1.15. The van der Waals surface area contributed by atoms with E-state index in [-0.39, 0.29) is 0 Å². The highest BCUT2D eigenvalue weighted by atomic mass is 32.1. The van der Waals surface area contributed by atoms with Crippen LogP contribution in [0.3, 0.4) is 0 Å². The number of aliphatic imine (C=N–C) groups is 1. The SMILES string of the molecule is Bc1ccc2nc(C/C(N)=C/C=C\N=C)sc2c1. The quantitative estimate of drug-likeness (QED) is 0.506. The average molecular weight is 255 g/mol. The van der Waals surface area contributed by atoms with E-state index in [1.54, 1.807) is 23.6 Å². The van der Waals surface area contributed by atoms with Crippen molar-refractivity contribution in [3.8, 4) is 0 Å². The first-order valence-corrected chi connectivity index (χ1v) is 6.44. The van der Waals surface area contributed by atoms with E-state index >= 15 is 0 Å². The van der Waals surface area contributed by atoms with Gasteiger partial charge in [0, 0.05) is 18.3 Å². The summed E-state index contributed by atoms with van der Waals surface area (Å²) in [4.78, 5) is 8.18. The third-order valence-corrected chi connectivity index (χ3v) is 3.46. The summed E-state index contributed by atoms with van der Waals surface area (Å²) in [6.07, 6.45) is 5.88. The van der Waals surface area contributed by atoms with E-state index in [1.165, 1.54) is 10.2 Å². The predicted molar refractivity (Wildman–Crippen MR) is 82.5 cm³/mol. The third-order valence-electron chi connectivity index (χ3n) is 2.45. The molecule has 18 heavy (non-hydrogen) atoms. The third kappa shape index (κ3) is 3.08. The summed E-state index contributed by atoms with van der Waals surface area (Å²) in [6.45, 7) is 3.36. The Balaban J connectivity index is 2.19. The Kier molecular flexibility index (Phi) is 3.94. The summed E-state index contributed by atoms with van der Waals surface area (Å²) in [7, 11) is 2.08. The van der Waals surface area contributed by atoms with E-state index in [0.29, 0.717) is 6.42 Å². The number of aromatic nitrogens is 1. The van der Waals surface area contributed by atoms with Crippen molar-refractivity contribution in [2.24, 2.45) is 10.7 Å². The minimum Gasteiger partial charge on any atom is -0.402 e. The van der Waals surface area contributed by atoms with Crippen LogP contribution in [-0.4, -0.2) is 19.5 Å². The van der Waals surface area contributed by atoms with Gasteiger partial charge in [0.15, 0.2) is 0 Å².